The largest absolute Gasteiger partial charge is 0.526 e. The Morgan fingerprint density at radius 1 is 1.32 bits per heavy atom. The molecule has 9 heteroatoms. The number of hydrogen-bond acceptors (Lipinski definition) is 6. The lowest BCUT2D eigenvalue weighted by Gasteiger charge is -2.41. The van der Waals surface area contributed by atoms with Crippen LogP contribution in [0.15, 0.2) is 23.0 Å². The first-order chi connectivity index (χ1) is 12.0. The van der Waals surface area contributed by atoms with Crippen LogP contribution in [0.3, 0.4) is 0 Å². The minimum absolute atomic E-state index is 0.197. The van der Waals surface area contributed by atoms with Crippen LogP contribution in [0.1, 0.15) is 19.3 Å². The Kier molecular flexibility index (Phi) is 4.84. The maximum atomic E-state index is 12.2. The van der Waals surface area contributed by atoms with Gasteiger partial charge in [-0.05, 0) is 31.4 Å². The van der Waals surface area contributed by atoms with Crippen molar-refractivity contribution in [1.29, 1.82) is 0 Å². The minimum atomic E-state index is -1.30. The highest BCUT2D eigenvalue weighted by atomic mass is 16.5. The average molecular weight is 347 g/mol. The number of benzene rings is 1. The number of carboxylic acid groups (broad SMARTS) is 1. The summed E-state index contributed by atoms with van der Waals surface area (Å²) in [4.78, 5) is 23.3. The summed E-state index contributed by atoms with van der Waals surface area (Å²) in [5.41, 5.74) is 3.25. The Hall–Kier alpha value is -2.68. The molecule has 0 aliphatic carbocycles. The smallest absolute Gasteiger partial charge is 0.366 e. The predicted octanol–water partition coefficient (Wildman–Crippen LogP) is -0.351. The van der Waals surface area contributed by atoms with Crippen LogP contribution in [-0.4, -0.2) is 52.2 Å². The third kappa shape index (κ3) is 3.71. The molecule has 0 atom stereocenters. The molecule has 0 bridgehead atoms. The first-order valence-electron chi connectivity index (χ1n) is 8.30. The first-order valence-corrected chi connectivity index (χ1v) is 8.30. The highest BCUT2D eigenvalue weighted by molar-refractivity contribution is 5.75. The molecule has 1 aliphatic rings. The number of fused-ring (bicyclic) bond motifs is 1. The molecule has 134 valence electrons. The van der Waals surface area contributed by atoms with Crippen molar-refractivity contribution in [2.45, 2.75) is 25.8 Å². The Bertz CT molecular complexity index is 829. The Morgan fingerprint density at radius 2 is 2.08 bits per heavy atom. The molecule has 1 aromatic carbocycles. The number of carbonyl (C=O) groups is 1. The Labute approximate surface area is 144 Å². The van der Waals surface area contributed by atoms with E-state index in [0.29, 0.717) is 43.0 Å². The average Bonchev–Trinajstić information content (AvgIpc) is 2.60. The number of nitrogens with one attached hydrogen (secondary N) is 1. The highest BCUT2D eigenvalue weighted by Gasteiger charge is 2.30. The third-order valence-electron chi connectivity index (χ3n) is 4.70. The second-order valence-electron chi connectivity index (χ2n) is 6.26. The number of quaternary nitrogens is 1. The second-order valence-corrected chi connectivity index (χ2v) is 6.26. The summed E-state index contributed by atoms with van der Waals surface area (Å²) in [6, 6.07) is 5.22. The molecular weight excluding hydrogens is 326 g/mol. The summed E-state index contributed by atoms with van der Waals surface area (Å²) in [6.07, 6.45) is 1.64. The van der Waals surface area contributed by atoms with Gasteiger partial charge in [-0.3, -0.25) is 4.57 Å². The summed E-state index contributed by atoms with van der Waals surface area (Å²) >= 11 is 0. The molecule has 1 aliphatic heterocycles. The zero-order chi connectivity index (χ0) is 17.9. The molecule has 2 heterocycles. The monoisotopic (exact) mass is 347 g/mol. The van der Waals surface area contributed by atoms with Crippen LogP contribution in [0, 0.1) is 0 Å². The van der Waals surface area contributed by atoms with Gasteiger partial charge in [0.2, 0.25) is 0 Å². The molecule has 3 rings (SSSR count). The molecule has 0 spiro atoms. The molecule has 0 radical (unpaired) electrons. The third-order valence-corrected chi connectivity index (χ3v) is 4.70. The van der Waals surface area contributed by atoms with Gasteiger partial charge in [-0.25, -0.2) is 14.8 Å². The van der Waals surface area contributed by atoms with E-state index in [-0.39, 0.29) is 4.59 Å². The molecular formula is C16H21N5O4. The zero-order valence-corrected chi connectivity index (χ0v) is 14.1. The van der Waals surface area contributed by atoms with Crippen molar-refractivity contribution in [3.05, 3.63) is 28.7 Å². The number of piperidine rings is 1. The second kappa shape index (κ2) is 7.06. The van der Waals surface area contributed by atoms with Gasteiger partial charge in [-0.1, -0.05) is 5.10 Å². The molecule has 9 nitrogen and oxygen atoms in total. The molecule has 1 saturated heterocycles. The van der Waals surface area contributed by atoms with Gasteiger partial charge in [-0.15, -0.1) is 5.10 Å². The topological polar surface area (TPSA) is 109 Å². The van der Waals surface area contributed by atoms with Crippen molar-refractivity contribution in [1.82, 2.24) is 20.2 Å². The van der Waals surface area contributed by atoms with Gasteiger partial charge in [0.1, 0.15) is 30.9 Å². The van der Waals surface area contributed by atoms with Crippen LogP contribution in [0.5, 0.6) is 5.75 Å². The van der Waals surface area contributed by atoms with Crippen molar-refractivity contribution in [3.63, 3.8) is 0 Å². The van der Waals surface area contributed by atoms with E-state index in [1.807, 2.05) is 0 Å². The fraction of sp³-hybridized carbons (Fsp3) is 0.500. The van der Waals surface area contributed by atoms with Crippen molar-refractivity contribution in [2.24, 2.45) is 0 Å². The van der Waals surface area contributed by atoms with Crippen molar-refractivity contribution in [2.75, 3.05) is 26.7 Å². The summed E-state index contributed by atoms with van der Waals surface area (Å²) in [7, 11) is 1.55. The Balaban J connectivity index is 1.92. The molecule has 1 fully saturated rings. The van der Waals surface area contributed by atoms with E-state index in [1.54, 1.807) is 25.3 Å². The van der Waals surface area contributed by atoms with Gasteiger partial charge in [0.15, 0.2) is 6.09 Å². The number of aromatic nitrogens is 3. The molecule has 1 N–H and O–H groups in total. The maximum absolute atomic E-state index is 12.2. The van der Waals surface area contributed by atoms with Crippen LogP contribution in [-0.2, 0) is 6.54 Å². The fourth-order valence-electron chi connectivity index (χ4n) is 3.39. The van der Waals surface area contributed by atoms with E-state index in [4.69, 9.17) is 4.74 Å². The van der Waals surface area contributed by atoms with Crippen molar-refractivity contribution in [3.8, 4) is 5.75 Å². The van der Waals surface area contributed by atoms with E-state index in [2.05, 4.69) is 15.6 Å². The van der Waals surface area contributed by atoms with E-state index in [9.17, 15) is 14.7 Å². The molecule has 2 aromatic rings. The lowest BCUT2D eigenvalue weighted by molar-refractivity contribution is -0.967. The van der Waals surface area contributed by atoms with Crippen molar-refractivity contribution >= 4 is 17.1 Å². The molecule has 1 amide bonds. The molecule has 0 saturated carbocycles. The lowest BCUT2D eigenvalue weighted by atomic mass is 10.1. The summed E-state index contributed by atoms with van der Waals surface area (Å²) in [5.74, 6) is 0.614. The number of rotatable bonds is 5. The maximum Gasteiger partial charge on any atom is 0.366 e. The van der Waals surface area contributed by atoms with E-state index >= 15 is 0 Å². The number of hydrogen-bond donors (Lipinski definition) is 1. The summed E-state index contributed by atoms with van der Waals surface area (Å²) in [6.45, 7) is 2.12. The predicted molar refractivity (Wildman–Crippen MR) is 87.6 cm³/mol. The van der Waals surface area contributed by atoms with Gasteiger partial charge < -0.3 is 14.6 Å². The molecule has 0 unspecified atom stereocenters. The van der Waals surface area contributed by atoms with Crippen LogP contribution >= 0.6 is 0 Å². The SMILES string of the molecule is COc1ccc2nnc(=O)n(CC[N+]3(NC(=O)[O-])CCCCC3)c2c1. The van der Waals surface area contributed by atoms with Crippen LogP contribution in [0.25, 0.3) is 11.0 Å². The number of ether oxygens (including phenoxy) is 1. The minimum Gasteiger partial charge on any atom is -0.526 e. The first kappa shape index (κ1) is 17.2. The number of amides is 1. The van der Waals surface area contributed by atoms with E-state index in [0.717, 1.165) is 19.3 Å². The summed E-state index contributed by atoms with van der Waals surface area (Å²) in [5, 5.41) is 18.7. The lowest BCUT2D eigenvalue weighted by Crippen LogP contribution is -2.66. The normalized spacial score (nSPS) is 16.5. The number of methoxy groups -OCH3 is 1. The standard InChI is InChI=1S/C16H21N5O4/c1-25-12-5-6-13-14(11-12)20(15(22)18-17-13)7-10-21(19-16(23)24)8-3-2-4-9-21/h5-6,11,19H,2-4,7-10H2,1H3. The van der Waals surface area contributed by atoms with Crippen molar-refractivity contribution < 1.29 is 19.2 Å². The van der Waals surface area contributed by atoms with Gasteiger partial charge in [0.25, 0.3) is 0 Å². The molecule has 1 aromatic heterocycles. The van der Waals surface area contributed by atoms with Crippen LogP contribution < -0.4 is 21.0 Å². The van der Waals surface area contributed by atoms with Gasteiger partial charge >= 0.3 is 5.69 Å². The van der Waals surface area contributed by atoms with E-state index < -0.39 is 11.8 Å². The fourth-order valence-corrected chi connectivity index (χ4v) is 3.39. The summed E-state index contributed by atoms with van der Waals surface area (Å²) < 4.78 is 6.93. The quantitative estimate of drug-likeness (QED) is 0.741. The Morgan fingerprint density at radius 3 is 2.76 bits per heavy atom. The number of likely N-dealkylation sites (tertiary alicyclic amines) is 1. The van der Waals surface area contributed by atoms with Gasteiger partial charge in [0, 0.05) is 6.07 Å². The van der Waals surface area contributed by atoms with Crippen LogP contribution in [0.2, 0.25) is 0 Å². The van der Waals surface area contributed by atoms with Gasteiger partial charge in [0.05, 0.1) is 19.2 Å². The van der Waals surface area contributed by atoms with Gasteiger partial charge in [-0.2, -0.15) is 0 Å². The highest BCUT2D eigenvalue weighted by Crippen LogP contribution is 2.19. The molecule has 25 heavy (non-hydrogen) atoms. The zero-order valence-electron chi connectivity index (χ0n) is 14.1. The van der Waals surface area contributed by atoms with Crippen LogP contribution in [0.4, 0.5) is 4.79 Å². The van der Waals surface area contributed by atoms with E-state index in [1.165, 1.54) is 4.57 Å². The number of carbonyl (C=O) groups excluding carboxylic acids is 1. The number of nitrogens with zero attached hydrogens (tertiary/aromatic N) is 4.